The van der Waals surface area contributed by atoms with Gasteiger partial charge in [-0.25, -0.2) is 0 Å². The maximum atomic E-state index is 13.0. The number of methoxy groups -OCH3 is 1. The third kappa shape index (κ3) is 7.74. The normalized spacial score (nSPS) is 11.2. The molecule has 0 radical (unpaired) electrons. The van der Waals surface area contributed by atoms with E-state index >= 15 is 0 Å². The van der Waals surface area contributed by atoms with E-state index in [1.807, 2.05) is 110 Å². The number of amides is 1. The number of carbonyl (C=O) groups is 1. The lowest BCUT2D eigenvalue weighted by molar-refractivity contribution is -0.115. The summed E-state index contributed by atoms with van der Waals surface area (Å²) in [5.74, 6) is 2.12. The number of hydrogen-bond donors (Lipinski definition) is 3. The zero-order valence-corrected chi connectivity index (χ0v) is 22.8. The van der Waals surface area contributed by atoms with Crippen molar-refractivity contribution in [2.45, 2.75) is 23.5 Å². The Hall–Kier alpha value is -4.01. The van der Waals surface area contributed by atoms with Crippen molar-refractivity contribution in [3.05, 3.63) is 103 Å². The first-order chi connectivity index (χ1) is 18.5. The molecule has 0 spiro atoms. The van der Waals surface area contributed by atoms with Gasteiger partial charge in [-0.1, -0.05) is 43.3 Å². The molecular formula is C30H29N3O3S2. The number of carbonyl (C=O) groups excluding carboxylic acids is 1. The number of benzene rings is 4. The summed E-state index contributed by atoms with van der Waals surface area (Å²) in [6, 6.07) is 32.3. The zero-order chi connectivity index (χ0) is 26.7. The predicted octanol–water partition coefficient (Wildman–Crippen LogP) is 7.81. The van der Waals surface area contributed by atoms with Gasteiger partial charge < -0.3 is 25.4 Å². The highest BCUT2D eigenvalue weighted by Gasteiger charge is 2.18. The van der Waals surface area contributed by atoms with E-state index in [0.29, 0.717) is 23.0 Å². The number of ether oxygens (including phenoxy) is 2. The molecule has 1 amide bonds. The van der Waals surface area contributed by atoms with Crippen LogP contribution >= 0.6 is 24.0 Å². The molecule has 4 rings (SSSR count). The van der Waals surface area contributed by atoms with Gasteiger partial charge in [0.1, 0.15) is 17.2 Å². The van der Waals surface area contributed by atoms with Gasteiger partial charge in [-0.05, 0) is 85.4 Å². The lowest BCUT2D eigenvalue weighted by Gasteiger charge is -2.16. The minimum absolute atomic E-state index is 0.0547. The standard InChI is InChI=1S/C30H29N3O3S2/c1-3-28(29(34)31-21-16-18-24(19-17-21)36-23-11-5-4-6-12-23)38-25-13-9-10-22(20-25)32-30(37)33-26-14-7-8-15-27(26)35-2/h4-20,28H,3H2,1-2H3,(H,31,34)(H2,32,33,37). The van der Waals surface area contributed by atoms with Crippen LogP contribution in [0.5, 0.6) is 17.2 Å². The van der Waals surface area contributed by atoms with Gasteiger partial charge in [0.25, 0.3) is 0 Å². The minimum Gasteiger partial charge on any atom is -0.495 e. The number of rotatable bonds is 10. The molecule has 4 aromatic carbocycles. The minimum atomic E-state index is -0.260. The molecule has 8 heteroatoms. The number of para-hydroxylation sites is 3. The van der Waals surface area contributed by atoms with Crippen LogP contribution in [0.3, 0.4) is 0 Å². The van der Waals surface area contributed by atoms with Crippen LogP contribution in [0.1, 0.15) is 13.3 Å². The van der Waals surface area contributed by atoms with E-state index in [1.54, 1.807) is 7.11 Å². The maximum Gasteiger partial charge on any atom is 0.237 e. The Kier molecular flexibility index (Phi) is 9.61. The molecule has 194 valence electrons. The number of thioether (sulfide) groups is 1. The van der Waals surface area contributed by atoms with Gasteiger partial charge in [0.05, 0.1) is 18.0 Å². The average molecular weight is 544 g/mol. The Bertz CT molecular complexity index is 1360. The largest absolute Gasteiger partial charge is 0.495 e. The van der Waals surface area contributed by atoms with Gasteiger partial charge in [-0.3, -0.25) is 4.79 Å². The molecular weight excluding hydrogens is 514 g/mol. The van der Waals surface area contributed by atoms with Crippen molar-refractivity contribution in [2.24, 2.45) is 0 Å². The van der Waals surface area contributed by atoms with Crippen molar-refractivity contribution in [2.75, 3.05) is 23.1 Å². The summed E-state index contributed by atoms with van der Waals surface area (Å²) in [6.45, 7) is 2.00. The molecule has 0 bridgehead atoms. The van der Waals surface area contributed by atoms with Gasteiger partial charge in [0, 0.05) is 16.3 Å². The first-order valence-electron chi connectivity index (χ1n) is 12.2. The SMILES string of the molecule is CCC(Sc1cccc(NC(=S)Nc2ccccc2OC)c1)C(=O)Nc1ccc(Oc2ccccc2)cc1. The second-order valence-corrected chi connectivity index (χ2v) is 9.94. The van der Waals surface area contributed by atoms with Gasteiger partial charge in [0.2, 0.25) is 5.91 Å². The molecule has 0 aliphatic rings. The quantitative estimate of drug-likeness (QED) is 0.139. The first kappa shape index (κ1) is 27.0. The molecule has 0 saturated heterocycles. The Morgan fingerprint density at radius 1 is 0.816 bits per heavy atom. The van der Waals surface area contributed by atoms with Crippen molar-refractivity contribution in [1.29, 1.82) is 0 Å². The lowest BCUT2D eigenvalue weighted by Crippen LogP contribution is -2.24. The maximum absolute atomic E-state index is 13.0. The fourth-order valence-corrected chi connectivity index (χ4v) is 4.86. The number of nitrogens with one attached hydrogen (secondary N) is 3. The van der Waals surface area contributed by atoms with Gasteiger partial charge in [0.15, 0.2) is 5.11 Å². The van der Waals surface area contributed by atoms with Crippen LogP contribution in [-0.2, 0) is 4.79 Å². The molecule has 0 aliphatic carbocycles. The summed E-state index contributed by atoms with van der Waals surface area (Å²) < 4.78 is 11.2. The van der Waals surface area contributed by atoms with Crippen LogP contribution in [0.4, 0.5) is 17.1 Å². The Morgan fingerprint density at radius 3 is 2.26 bits per heavy atom. The first-order valence-corrected chi connectivity index (χ1v) is 13.4. The molecule has 3 N–H and O–H groups in total. The van der Waals surface area contributed by atoms with E-state index in [2.05, 4.69) is 16.0 Å². The van der Waals surface area contributed by atoms with Crippen LogP contribution in [0, 0.1) is 0 Å². The number of anilines is 3. The molecule has 6 nitrogen and oxygen atoms in total. The average Bonchev–Trinajstić information content (AvgIpc) is 2.94. The molecule has 0 aromatic heterocycles. The van der Waals surface area contributed by atoms with Crippen LogP contribution in [-0.4, -0.2) is 23.4 Å². The highest BCUT2D eigenvalue weighted by molar-refractivity contribution is 8.00. The van der Waals surface area contributed by atoms with Crippen LogP contribution < -0.4 is 25.4 Å². The van der Waals surface area contributed by atoms with Crippen LogP contribution in [0.25, 0.3) is 0 Å². The molecule has 1 unspecified atom stereocenters. The predicted molar refractivity (Wildman–Crippen MR) is 161 cm³/mol. The van der Waals surface area contributed by atoms with E-state index in [-0.39, 0.29) is 11.2 Å². The molecule has 0 aliphatic heterocycles. The van der Waals surface area contributed by atoms with Crippen molar-refractivity contribution in [3.63, 3.8) is 0 Å². The zero-order valence-electron chi connectivity index (χ0n) is 21.1. The summed E-state index contributed by atoms with van der Waals surface area (Å²) in [4.78, 5) is 14.0. The molecule has 0 fully saturated rings. The molecule has 1 atom stereocenters. The summed E-state index contributed by atoms with van der Waals surface area (Å²) in [6.07, 6.45) is 0.678. The van der Waals surface area contributed by atoms with E-state index in [0.717, 1.165) is 27.7 Å². The molecule has 38 heavy (non-hydrogen) atoms. The summed E-state index contributed by atoms with van der Waals surface area (Å²) >= 11 is 6.99. The summed E-state index contributed by atoms with van der Waals surface area (Å²) in [7, 11) is 1.62. The highest BCUT2D eigenvalue weighted by Crippen LogP contribution is 2.30. The second-order valence-electron chi connectivity index (χ2n) is 8.25. The number of thiocarbonyl (C=S) groups is 1. The van der Waals surface area contributed by atoms with E-state index in [9.17, 15) is 4.79 Å². The third-order valence-corrected chi connectivity index (χ3v) is 7.05. The number of hydrogen-bond acceptors (Lipinski definition) is 5. The topological polar surface area (TPSA) is 71.6 Å². The van der Waals surface area contributed by atoms with Crippen LogP contribution in [0.2, 0.25) is 0 Å². The van der Waals surface area contributed by atoms with Gasteiger partial charge in [-0.15, -0.1) is 11.8 Å². The van der Waals surface area contributed by atoms with E-state index in [4.69, 9.17) is 21.7 Å². The summed E-state index contributed by atoms with van der Waals surface area (Å²) in [5.41, 5.74) is 2.32. The monoisotopic (exact) mass is 543 g/mol. The van der Waals surface area contributed by atoms with Crippen molar-refractivity contribution in [3.8, 4) is 17.2 Å². The van der Waals surface area contributed by atoms with E-state index < -0.39 is 0 Å². The van der Waals surface area contributed by atoms with Crippen molar-refractivity contribution < 1.29 is 14.3 Å². The fraction of sp³-hybridized carbons (Fsp3) is 0.133. The smallest absolute Gasteiger partial charge is 0.237 e. The third-order valence-electron chi connectivity index (χ3n) is 5.49. The van der Waals surface area contributed by atoms with Crippen molar-refractivity contribution in [1.82, 2.24) is 0 Å². The fourth-order valence-electron chi connectivity index (χ4n) is 3.62. The summed E-state index contributed by atoms with van der Waals surface area (Å²) in [5, 5.41) is 9.56. The van der Waals surface area contributed by atoms with Gasteiger partial charge >= 0.3 is 0 Å². The molecule has 4 aromatic rings. The van der Waals surface area contributed by atoms with Gasteiger partial charge in [-0.2, -0.15) is 0 Å². The molecule has 0 saturated carbocycles. The van der Waals surface area contributed by atoms with Crippen LogP contribution in [0.15, 0.2) is 108 Å². The Morgan fingerprint density at radius 2 is 1.53 bits per heavy atom. The highest BCUT2D eigenvalue weighted by atomic mass is 32.2. The molecule has 0 heterocycles. The van der Waals surface area contributed by atoms with Crippen molar-refractivity contribution >= 4 is 52.1 Å². The Balaban J connectivity index is 1.33. The Labute approximate surface area is 232 Å². The second kappa shape index (κ2) is 13.5. The van der Waals surface area contributed by atoms with E-state index in [1.165, 1.54) is 11.8 Å². The lowest BCUT2D eigenvalue weighted by atomic mass is 10.2.